The highest BCUT2D eigenvalue weighted by molar-refractivity contribution is 5.97. The number of hydrogen-bond acceptors (Lipinski definition) is 3. The highest BCUT2D eigenvalue weighted by atomic mass is 16.4. The number of nitrogens with zero attached hydrogens (tertiary/aromatic N) is 1. The SMILES string of the molecule is Cc1cc(/C(N)=N/O)ccc1CNCC1CC2CCC1C2. The third-order valence-corrected chi connectivity index (χ3v) is 5.35. The Morgan fingerprint density at radius 1 is 1.38 bits per heavy atom. The first-order valence-corrected chi connectivity index (χ1v) is 7.95. The predicted octanol–water partition coefficient (Wildman–Crippen LogP) is 2.62. The molecule has 0 amide bonds. The quantitative estimate of drug-likeness (QED) is 0.337. The lowest BCUT2D eigenvalue weighted by Gasteiger charge is -2.22. The van der Waals surface area contributed by atoms with E-state index in [1.165, 1.54) is 36.8 Å². The zero-order valence-corrected chi connectivity index (χ0v) is 12.7. The lowest BCUT2D eigenvalue weighted by molar-refractivity contribution is 0.318. The van der Waals surface area contributed by atoms with E-state index in [0.717, 1.165) is 36.4 Å². The van der Waals surface area contributed by atoms with Crippen LogP contribution in [0.3, 0.4) is 0 Å². The molecule has 2 saturated carbocycles. The molecule has 0 aromatic heterocycles. The molecule has 0 saturated heterocycles. The van der Waals surface area contributed by atoms with Gasteiger partial charge in [0.25, 0.3) is 0 Å². The molecule has 0 heterocycles. The van der Waals surface area contributed by atoms with Gasteiger partial charge in [0.05, 0.1) is 0 Å². The number of nitrogens with two attached hydrogens (primary N) is 1. The van der Waals surface area contributed by atoms with Crippen molar-refractivity contribution in [2.45, 2.75) is 39.2 Å². The Hall–Kier alpha value is -1.55. The van der Waals surface area contributed by atoms with Crippen LogP contribution in [0.4, 0.5) is 0 Å². The first kappa shape index (κ1) is 14.4. The number of amidine groups is 1. The van der Waals surface area contributed by atoms with Gasteiger partial charge < -0.3 is 16.3 Å². The third kappa shape index (κ3) is 3.05. The fraction of sp³-hybridized carbons (Fsp3) is 0.588. The maximum absolute atomic E-state index is 8.71. The Morgan fingerprint density at radius 3 is 2.86 bits per heavy atom. The van der Waals surface area contributed by atoms with Crippen molar-refractivity contribution in [3.8, 4) is 0 Å². The molecule has 3 atom stereocenters. The molecule has 0 aliphatic heterocycles. The topological polar surface area (TPSA) is 70.6 Å². The Labute approximate surface area is 126 Å². The number of oxime groups is 1. The summed E-state index contributed by atoms with van der Waals surface area (Å²) in [5.74, 6) is 3.05. The van der Waals surface area contributed by atoms with Crippen LogP contribution in [0.25, 0.3) is 0 Å². The first-order valence-electron chi connectivity index (χ1n) is 7.95. The molecular weight excluding hydrogens is 262 g/mol. The minimum atomic E-state index is 0.166. The Kier molecular flexibility index (Phi) is 4.15. The molecule has 4 N–H and O–H groups in total. The van der Waals surface area contributed by atoms with E-state index in [1.807, 2.05) is 12.1 Å². The number of fused-ring (bicyclic) bond motifs is 2. The summed E-state index contributed by atoms with van der Waals surface area (Å²) in [5.41, 5.74) is 8.85. The smallest absolute Gasteiger partial charge is 0.170 e. The number of aryl methyl sites for hydroxylation is 1. The normalized spacial score (nSPS) is 28.2. The van der Waals surface area contributed by atoms with E-state index in [2.05, 4.69) is 23.5 Å². The molecule has 4 heteroatoms. The Bertz CT molecular complexity index is 541. The molecule has 2 aliphatic rings. The average molecular weight is 287 g/mol. The first-order chi connectivity index (χ1) is 10.2. The predicted molar refractivity (Wildman–Crippen MR) is 84.3 cm³/mol. The maximum atomic E-state index is 8.71. The summed E-state index contributed by atoms with van der Waals surface area (Å²) in [7, 11) is 0. The fourth-order valence-electron chi connectivity index (χ4n) is 4.13. The molecule has 1 aromatic carbocycles. The second-order valence-electron chi connectivity index (χ2n) is 6.69. The van der Waals surface area contributed by atoms with E-state index < -0.39 is 0 Å². The maximum Gasteiger partial charge on any atom is 0.170 e. The number of hydrogen-bond donors (Lipinski definition) is 3. The molecule has 2 aliphatic carbocycles. The van der Waals surface area contributed by atoms with E-state index >= 15 is 0 Å². The number of benzene rings is 1. The van der Waals surface area contributed by atoms with Crippen LogP contribution in [0.15, 0.2) is 23.4 Å². The molecule has 4 nitrogen and oxygen atoms in total. The fourth-order valence-corrected chi connectivity index (χ4v) is 4.13. The summed E-state index contributed by atoms with van der Waals surface area (Å²) in [6, 6.07) is 5.96. The van der Waals surface area contributed by atoms with E-state index in [-0.39, 0.29) is 5.84 Å². The van der Waals surface area contributed by atoms with Crippen molar-refractivity contribution < 1.29 is 5.21 Å². The van der Waals surface area contributed by atoms with Crippen LogP contribution in [0.2, 0.25) is 0 Å². The summed E-state index contributed by atoms with van der Waals surface area (Å²) in [6.07, 6.45) is 5.82. The average Bonchev–Trinajstić information content (AvgIpc) is 3.10. The summed E-state index contributed by atoms with van der Waals surface area (Å²) >= 11 is 0. The molecule has 3 rings (SSSR count). The highest BCUT2D eigenvalue weighted by Crippen LogP contribution is 2.47. The van der Waals surface area contributed by atoms with Crippen LogP contribution in [-0.2, 0) is 6.54 Å². The standard InChI is InChI=1S/C17H25N3O/c1-11-6-14(17(18)20-21)4-5-15(11)9-19-10-16-8-12-2-3-13(16)7-12/h4-6,12-13,16,19,21H,2-3,7-10H2,1H3,(H2,18,20). The monoisotopic (exact) mass is 287 g/mol. The molecule has 2 bridgehead atoms. The van der Waals surface area contributed by atoms with Crippen LogP contribution in [0.5, 0.6) is 0 Å². The largest absolute Gasteiger partial charge is 0.409 e. The van der Waals surface area contributed by atoms with Crippen molar-refractivity contribution in [2.24, 2.45) is 28.6 Å². The van der Waals surface area contributed by atoms with Gasteiger partial charge in [-0.3, -0.25) is 0 Å². The van der Waals surface area contributed by atoms with Gasteiger partial charge in [0.1, 0.15) is 0 Å². The Morgan fingerprint density at radius 2 is 2.24 bits per heavy atom. The van der Waals surface area contributed by atoms with E-state index in [4.69, 9.17) is 10.9 Å². The highest BCUT2D eigenvalue weighted by Gasteiger charge is 2.38. The van der Waals surface area contributed by atoms with Crippen LogP contribution >= 0.6 is 0 Å². The molecule has 0 spiro atoms. The molecule has 1 aromatic rings. The van der Waals surface area contributed by atoms with Gasteiger partial charge in [0, 0.05) is 12.1 Å². The van der Waals surface area contributed by atoms with Crippen molar-refractivity contribution in [2.75, 3.05) is 6.54 Å². The van der Waals surface area contributed by atoms with Crippen molar-refractivity contribution >= 4 is 5.84 Å². The molecule has 3 unspecified atom stereocenters. The number of nitrogens with one attached hydrogen (secondary N) is 1. The summed E-state index contributed by atoms with van der Waals surface area (Å²) in [6.45, 7) is 4.11. The zero-order chi connectivity index (χ0) is 14.8. The van der Waals surface area contributed by atoms with Gasteiger partial charge in [-0.1, -0.05) is 23.7 Å². The second-order valence-corrected chi connectivity index (χ2v) is 6.69. The molecule has 2 fully saturated rings. The second kappa shape index (κ2) is 6.06. The van der Waals surface area contributed by atoms with Crippen molar-refractivity contribution in [3.05, 3.63) is 34.9 Å². The van der Waals surface area contributed by atoms with Crippen molar-refractivity contribution in [3.63, 3.8) is 0 Å². The van der Waals surface area contributed by atoms with Crippen LogP contribution < -0.4 is 11.1 Å². The van der Waals surface area contributed by atoms with Crippen molar-refractivity contribution in [1.29, 1.82) is 0 Å². The minimum Gasteiger partial charge on any atom is -0.409 e. The van der Waals surface area contributed by atoms with Gasteiger partial charge in [0.15, 0.2) is 5.84 Å². The molecule has 0 radical (unpaired) electrons. The molecular formula is C17H25N3O. The van der Waals surface area contributed by atoms with E-state index in [1.54, 1.807) is 0 Å². The number of rotatable bonds is 5. The van der Waals surface area contributed by atoms with Gasteiger partial charge in [-0.15, -0.1) is 0 Å². The summed E-state index contributed by atoms with van der Waals surface area (Å²) in [5, 5.41) is 15.4. The molecule has 114 valence electrons. The lowest BCUT2D eigenvalue weighted by atomic mass is 9.89. The van der Waals surface area contributed by atoms with Crippen LogP contribution in [-0.4, -0.2) is 17.6 Å². The summed E-state index contributed by atoms with van der Waals surface area (Å²) < 4.78 is 0. The van der Waals surface area contributed by atoms with Gasteiger partial charge in [-0.2, -0.15) is 0 Å². The minimum absolute atomic E-state index is 0.166. The van der Waals surface area contributed by atoms with Crippen molar-refractivity contribution in [1.82, 2.24) is 5.32 Å². The lowest BCUT2D eigenvalue weighted by Crippen LogP contribution is -2.26. The summed E-state index contributed by atoms with van der Waals surface area (Å²) in [4.78, 5) is 0. The van der Waals surface area contributed by atoms with Gasteiger partial charge >= 0.3 is 0 Å². The van der Waals surface area contributed by atoms with E-state index in [0.29, 0.717) is 0 Å². The van der Waals surface area contributed by atoms with Gasteiger partial charge in [-0.05, 0) is 67.7 Å². The van der Waals surface area contributed by atoms with Crippen LogP contribution in [0.1, 0.15) is 42.4 Å². The third-order valence-electron chi connectivity index (χ3n) is 5.35. The van der Waals surface area contributed by atoms with Crippen LogP contribution in [0, 0.1) is 24.7 Å². The Balaban J connectivity index is 1.53. The van der Waals surface area contributed by atoms with Gasteiger partial charge in [0.2, 0.25) is 0 Å². The van der Waals surface area contributed by atoms with E-state index in [9.17, 15) is 0 Å². The van der Waals surface area contributed by atoms with Gasteiger partial charge in [-0.25, -0.2) is 0 Å². The zero-order valence-electron chi connectivity index (χ0n) is 12.7. The molecule has 21 heavy (non-hydrogen) atoms.